The molecule has 12 nitrogen and oxygen atoms in total. The number of non-ortho nitro benzene ring substituents is 1. The standard InChI is InChI=1S/C23H24ClN7O5/c1-14(32)25-8-9-26-20-13-21(30-22(29-20)15-2-4-16(24)5-3-15)27-10-11-28-23(34)18-12-17(31(35)36)6-7-19(18)33/h2-7,12-13,33H,8-11H2,1H3,(H,25,32)(H,28,34)(H2,26,27,29,30). The highest BCUT2D eigenvalue weighted by molar-refractivity contribution is 6.30. The van der Waals surface area contributed by atoms with Crippen LogP contribution >= 0.6 is 11.6 Å². The summed E-state index contributed by atoms with van der Waals surface area (Å²) in [4.78, 5) is 42.7. The molecule has 0 aliphatic carbocycles. The summed E-state index contributed by atoms with van der Waals surface area (Å²) in [6, 6.07) is 11.9. The molecule has 2 amide bonds. The fourth-order valence-corrected chi connectivity index (χ4v) is 3.19. The number of hydrogen-bond donors (Lipinski definition) is 5. The second-order valence-electron chi connectivity index (χ2n) is 7.52. The number of amides is 2. The van der Waals surface area contributed by atoms with E-state index in [9.17, 15) is 24.8 Å². The Labute approximate surface area is 211 Å². The molecule has 5 N–H and O–H groups in total. The summed E-state index contributed by atoms with van der Waals surface area (Å²) in [7, 11) is 0. The highest BCUT2D eigenvalue weighted by atomic mass is 35.5. The SMILES string of the molecule is CC(=O)NCCNc1cc(NCCNC(=O)c2cc([N+](=O)[O-])ccc2O)nc(-c2ccc(Cl)cc2)n1. The largest absolute Gasteiger partial charge is 0.507 e. The second kappa shape index (κ2) is 12.3. The summed E-state index contributed by atoms with van der Waals surface area (Å²) >= 11 is 5.98. The van der Waals surface area contributed by atoms with Crippen LogP contribution in [0.1, 0.15) is 17.3 Å². The third-order valence-electron chi connectivity index (χ3n) is 4.79. The highest BCUT2D eigenvalue weighted by Gasteiger charge is 2.16. The zero-order valence-corrected chi connectivity index (χ0v) is 20.0. The molecule has 0 bridgehead atoms. The number of nitro benzene ring substituents is 1. The fraction of sp³-hybridized carbons (Fsp3) is 0.217. The minimum Gasteiger partial charge on any atom is -0.507 e. The van der Waals surface area contributed by atoms with Crippen molar-refractivity contribution in [2.45, 2.75) is 6.92 Å². The van der Waals surface area contributed by atoms with Gasteiger partial charge in [-0.05, 0) is 30.3 Å². The van der Waals surface area contributed by atoms with Crippen LogP contribution in [0.5, 0.6) is 5.75 Å². The molecule has 0 radical (unpaired) electrons. The number of aromatic hydroxyl groups is 1. The number of anilines is 2. The smallest absolute Gasteiger partial charge is 0.270 e. The number of rotatable bonds is 11. The van der Waals surface area contributed by atoms with E-state index in [1.165, 1.54) is 6.92 Å². The maximum atomic E-state index is 12.4. The third kappa shape index (κ3) is 7.53. The molecular weight excluding hydrogens is 490 g/mol. The van der Waals surface area contributed by atoms with Crippen LogP contribution < -0.4 is 21.3 Å². The van der Waals surface area contributed by atoms with Gasteiger partial charge in [-0.15, -0.1) is 0 Å². The second-order valence-corrected chi connectivity index (χ2v) is 7.96. The van der Waals surface area contributed by atoms with Gasteiger partial charge in [0, 0.05) is 61.9 Å². The van der Waals surface area contributed by atoms with Gasteiger partial charge in [0.05, 0.1) is 10.5 Å². The van der Waals surface area contributed by atoms with E-state index in [0.717, 1.165) is 23.8 Å². The van der Waals surface area contributed by atoms with Crippen molar-refractivity contribution in [3.8, 4) is 17.1 Å². The van der Waals surface area contributed by atoms with Gasteiger partial charge in [0.25, 0.3) is 11.6 Å². The number of halogens is 1. The van der Waals surface area contributed by atoms with Gasteiger partial charge in [-0.2, -0.15) is 0 Å². The van der Waals surface area contributed by atoms with Crippen LogP contribution in [-0.4, -0.2) is 58.0 Å². The number of phenolic OH excluding ortho intramolecular Hbond substituents is 1. The van der Waals surface area contributed by atoms with Crippen molar-refractivity contribution >= 4 is 40.7 Å². The van der Waals surface area contributed by atoms with E-state index in [-0.39, 0.29) is 36.0 Å². The molecule has 1 aromatic heterocycles. The Morgan fingerprint density at radius 2 is 1.56 bits per heavy atom. The summed E-state index contributed by atoms with van der Waals surface area (Å²) in [5, 5.41) is 32.9. The summed E-state index contributed by atoms with van der Waals surface area (Å²) in [5.74, 6) is 0.290. The van der Waals surface area contributed by atoms with E-state index in [2.05, 4.69) is 31.2 Å². The van der Waals surface area contributed by atoms with Crippen LogP contribution in [0.4, 0.5) is 17.3 Å². The number of benzene rings is 2. The van der Waals surface area contributed by atoms with Crippen LogP contribution in [-0.2, 0) is 4.79 Å². The quantitative estimate of drug-likeness (QED) is 0.147. The first-order chi connectivity index (χ1) is 17.2. The number of carbonyl (C=O) groups excluding carboxylic acids is 2. The lowest BCUT2D eigenvalue weighted by atomic mass is 10.1. The number of hydrogen-bond acceptors (Lipinski definition) is 9. The number of carbonyl (C=O) groups is 2. The average molecular weight is 514 g/mol. The molecule has 0 aliphatic rings. The first-order valence-electron chi connectivity index (χ1n) is 10.9. The Kier molecular flexibility index (Phi) is 8.95. The molecule has 0 unspecified atom stereocenters. The zero-order valence-electron chi connectivity index (χ0n) is 19.2. The Bertz CT molecular complexity index is 1250. The molecule has 13 heteroatoms. The molecule has 36 heavy (non-hydrogen) atoms. The molecule has 3 rings (SSSR count). The monoisotopic (exact) mass is 513 g/mol. The summed E-state index contributed by atoms with van der Waals surface area (Å²) < 4.78 is 0. The van der Waals surface area contributed by atoms with Gasteiger partial charge in [0.2, 0.25) is 5.91 Å². The average Bonchev–Trinajstić information content (AvgIpc) is 2.84. The molecule has 0 saturated carbocycles. The Hall–Kier alpha value is -4.45. The van der Waals surface area contributed by atoms with Crippen molar-refractivity contribution in [2.24, 2.45) is 0 Å². The third-order valence-corrected chi connectivity index (χ3v) is 5.04. The first-order valence-corrected chi connectivity index (χ1v) is 11.2. The maximum absolute atomic E-state index is 12.4. The molecule has 0 spiro atoms. The van der Waals surface area contributed by atoms with Crippen LogP contribution in [0.15, 0.2) is 48.5 Å². The lowest BCUT2D eigenvalue weighted by Gasteiger charge is -2.12. The lowest BCUT2D eigenvalue weighted by molar-refractivity contribution is -0.384. The van der Waals surface area contributed by atoms with Crippen molar-refractivity contribution in [3.05, 3.63) is 69.2 Å². The summed E-state index contributed by atoms with van der Waals surface area (Å²) in [6.07, 6.45) is 0. The Morgan fingerprint density at radius 3 is 2.14 bits per heavy atom. The van der Waals surface area contributed by atoms with Crippen LogP contribution in [0, 0.1) is 10.1 Å². The minimum atomic E-state index is -0.650. The van der Waals surface area contributed by atoms with Crippen molar-refractivity contribution in [1.29, 1.82) is 0 Å². The maximum Gasteiger partial charge on any atom is 0.270 e. The van der Waals surface area contributed by atoms with Crippen molar-refractivity contribution in [2.75, 3.05) is 36.8 Å². The van der Waals surface area contributed by atoms with Gasteiger partial charge in [-0.25, -0.2) is 9.97 Å². The lowest BCUT2D eigenvalue weighted by Crippen LogP contribution is -2.29. The molecule has 0 fully saturated rings. The van der Waals surface area contributed by atoms with Crippen LogP contribution in [0.3, 0.4) is 0 Å². The van der Waals surface area contributed by atoms with Gasteiger partial charge >= 0.3 is 0 Å². The Balaban J connectivity index is 1.66. The predicted molar refractivity (Wildman–Crippen MR) is 135 cm³/mol. The van der Waals surface area contributed by atoms with Gasteiger partial charge in [0.15, 0.2) is 5.82 Å². The van der Waals surface area contributed by atoms with Crippen molar-refractivity contribution < 1.29 is 19.6 Å². The van der Waals surface area contributed by atoms with E-state index in [1.807, 2.05) is 0 Å². The summed E-state index contributed by atoms with van der Waals surface area (Å²) in [6.45, 7) is 2.70. The number of nitrogens with zero attached hydrogens (tertiary/aromatic N) is 3. The molecule has 0 saturated heterocycles. The molecule has 3 aromatic rings. The number of aromatic nitrogens is 2. The topological polar surface area (TPSA) is 171 Å². The van der Waals surface area contributed by atoms with Crippen LogP contribution in [0.25, 0.3) is 11.4 Å². The van der Waals surface area contributed by atoms with E-state index >= 15 is 0 Å². The molecular formula is C23H24ClN7O5. The van der Waals surface area contributed by atoms with Gasteiger partial charge in [-0.1, -0.05) is 11.6 Å². The fourth-order valence-electron chi connectivity index (χ4n) is 3.07. The van der Waals surface area contributed by atoms with Crippen molar-refractivity contribution in [3.63, 3.8) is 0 Å². The molecule has 188 valence electrons. The molecule has 0 atom stereocenters. The highest BCUT2D eigenvalue weighted by Crippen LogP contribution is 2.23. The number of phenols is 1. The normalized spacial score (nSPS) is 10.4. The van der Waals surface area contributed by atoms with Gasteiger partial charge in [0.1, 0.15) is 17.4 Å². The van der Waals surface area contributed by atoms with E-state index in [0.29, 0.717) is 35.6 Å². The number of nitrogens with one attached hydrogen (secondary N) is 4. The number of nitro groups is 1. The first kappa shape index (κ1) is 26.2. The molecule has 1 heterocycles. The molecule has 0 aliphatic heterocycles. The van der Waals surface area contributed by atoms with E-state index in [1.54, 1.807) is 30.3 Å². The predicted octanol–water partition coefficient (Wildman–Crippen LogP) is 2.80. The summed E-state index contributed by atoms with van der Waals surface area (Å²) in [5.41, 5.74) is 0.245. The van der Waals surface area contributed by atoms with Gasteiger partial charge in [-0.3, -0.25) is 19.7 Å². The van der Waals surface area contributed by atoms with Crippen LogP contribution in [0.2, 0.25) is 5.02 Å². The van der Waals surface area contributed by atoms with Gasteiger partial charge < -0.3 is 26.4 Å². The zero-order chi connectivity index (χ0) is 26.1. The Morgan fingerprint density at radius 1 is 0.944 bits per heavy atom. The molecule has 2 aromatic carbocycles. The minimum absolute atomic E-state index is 0.135. The van der Waals surface area contributed by atoms with E-state index < -0.39 is 10.8 Å². The van der Waals surface area contributed by atoms with Crippen molar-refractivity contribution in [1.82, 2.24) is 20.6 Å². The van der Waals surface area contributed by atoms with E-state index in [4.69, 9.17) is 11.6 Å².